The van der Waals surface area contributed by atoms with Gasteiger partial charge in [0.1, 0.15) is 28.9 Å². The predicted octanol–water partition coefficient (Wildman–Crippen LogP) is 4.79. The van der Waals surface area contributed by atoms with E-state index in [4.69, 9.17) is 14.2 Å². The molecule has 210 valence electrons. The molecular weight excluding hydrogens is 580 g/mol. The van der Waals surface area contributed by atoms with Crippen molar-refractivity contribution >= 4 is 44.9 Å². The first-order valence-corrected chi connectivity index (χ1v) is 13.4. The van der Waals surface area contributed by atoms with E-state index in [2.05, 4.69) is 26.6 Å². The van der Waals surface area contributed by atoms with Crippen molar-refractivity contribution < 1.29 is 33.7 Å². The Morgan fingerprint density at radius 2 is 1.38 bits per heavy atom. The molecular formula is C30H31BrN2O7. The van der Waals surface area contributed by atoms with E-state index in [1.807, 2.05) is 0 Å². The lowest BCUT2D eigenvalue weighted by Gasteiger charge is -2.44. The third-order valence-electron chi connectivity index (χ3n) is 7.11. The third-order valence-corrected chi connectivity index (χ3v) is 7.61. The molecule has 4 rings (SSSR count). The Morgan fingerprint density at radius 3 is 1.93 bits per heavy atom. The summed E-state index contributed by atoms with van der Waals surface area (Å²) in [5.41, 5.74) is -0.610. The number of rotatable bonds is 8. The number of carbonyl (C=O) groups excluding carboxylic acids is 3. The smallest absolute Gasteiger partial charge is 0.235 e. The molecule has 4 atom stereocenters. The molecule has 10 heteroatoms. The van der Waals surface area contributed by atoms with Crippen molar-refractivity contribution in [2.24, 2.45) is 11.8 Å². The zero-order valence-electron chi connectivity index (χ0n) is 22.6. The first kappa shape index (κ1) is 29.1. The number of ether oxygens (including phenoxy) is 3. The summed E-state index contributed by atoms with van der Waals surface area (Å²) in [5, 5.41) is 17.2. The Bertz CT molecular complexity index is 1420. The number of aliphatic hydroxyl groups is 1. The van der Waals surface area contributed by atoms with E-state index in [0.717, 1.165) is 0 Å². The minimum atomic E-state index is -1.79. The Hall–Kier alpha value is -3.89. The van der Waals surface area contributed by atoms with Crippen molar-refractivity contribution in [3.05, 3.63) is 76.8 Å². The number of ketones is 1. The normalized spacial score (nSPS) is 22.2. The van der Waals surface area contributed by atoms with Gasteiger partial charge in [-0.2, -0.15) is 0 Å². The van der Waals surface area contributed by atoms with Gasteiger partial charge in [-0.25, -0.2) is 0 Å². The van der Waals surface area contributed by atoms with E-state index in [1.165, 1.54) is 28.3 Å². The minimum absolute atomic E-state index is 0.365. The van der Waals surface area contributed by atoms with Gasteiger partial charge in [0.05, 0.1) is 44.2 Å². The highest BCUT2D eigenvalue weighted by molar-refractivity contribution is 9.10. The van der Waals surface area contributed by atoms with Crippen LogP contribution in [0.1, 0.15) is 24.8 Å². The first-order valence-electron chi connectivity index (χ1n) is 12.6. The molecule has 0 heterocycles. The average Bonchev–Trinajstić information content (AvgIpc) is 2.92. The number of nitrogens with one attached hydrogen (secondary N) is 2. The number of hydrogen-bond acceptors (Lipinski definition) is 7. The monoisotopic (exact) mass is 610 g/mol. The molecule has 3 aromatic rings. The molecule has 0 aromatic heterocycles. The molecule has 40 heavy (non-hydrogen) atoms. The highest BCUT2D eigenvalue weighted by atomic mass is 79.9. The molecule has 0 bridgehead atoms. The summed E-state index contributed by atoms with van der Waals surface area (Å²) in [4.78, 5) is 41.5. The van der Waals surface area contributed by atoms with E-state index < -0.39 is 47.4 Å². The number of benzene rings is 3. The second kappa shape index (κ2) is 12.1. The van der Waals surface area contributed by atoms with E-state index in [0.29, 0.717) is 38.7 Å². The van der Waals surface area contributed by atoms with Crippen molar-refractivity contribution in [1.82, 2.24) is 0 Å². The Kier molecular flexibility index (Phi) is 8.80. The van der Waals surface area contributed by atoms with E-state index in [1.54, 1.807) is 66.7 Å². The largest absolute Gasteiger partial charge is 0.496 e. The highest BCUT2D eigenvalue weighted by Gasteiger charge is 2.56. The molecule has 0 aliphatic heterocycles. The summed E-state index contributed by atoms with van der Waals surface area (Å²) in [5.74, 6) is -4.18. The van der Waals surface area contributed by atoms with Gasteiger partial charge in [-0.05, 0) is 49.4 Å². The van der Waals surface area contributed by atoms with Gasteiger partial charge in [0.2, 0.25) is 11.8 Å². The van der Waals surface area contributed by atoms with Crippen LogP contribution in [0.2, 0.25) is 0 Å². The number of Topliss-reactive ketones (excluding diaryl/α,β-unsaturated/α-hetero) is 1. The van der Waals surface area contributed by atoms with Crippen LogP contribution < -0.4 is 24.8 Å². The number of halogens is 1. The number of anilines is 2. The summed E-state index contributed by atoms with van der Waals surface area (Å²) >= 11 is 3.46. The summed E-state index contributed by atoms with van der Waals surface area (Å²) in [6.45, 7) is 1.43. The Labute approximate surface area is 241 Å². The summed E-state index contributed by atoms with van der Waals surface area (Å²) in [7, 11) is 4.42. The second-order valence-electron chi connectivity index (χ2n) is 9.75. The molecule has 1 fully saturated rings. The maximum atomic E-state index is 14.0. The number of amides is 2. The lowest BCUT2D eigenvalue weighted by molar-refractivity contribution is -0.150. The van der Waals surface area contributed by atoms with Gasteiger partial charge in [0, 0.05) is 22.4 Å². The van der Waals surface area contributed by atoms with Crippen LogP contribution in [0.15, 0.2) is 71.2 Å². The van der Waals surface area contributed by atoms with Crippen LogP contribution in [0.4, 0.5) is 11.4 Å². The van der Waals surface area contributed by atoms with Crippen LogP contribution in [0.25, 0.3) is 0 Å². The predicted molar refractivity (Wildman–Crippen MR) is 154 cm³/mol. The molecule has 0 radical (unpaired) electrons. The summed E-state index contributed by atoms with van der Waals surface area (Å²) in [6, 6.07) is 18.8. The molecule has 1 aliphatic rings. The Balaban J connectivity index is 1.85. The van der Waals surface area contributed by atoms with Gasteiger partial charge in [0.25, 0.3) is 0 Å². The number of para-hydroxylation sites is 4. The fourth-order valence-electron chi connectivity index (χ4n) is 5.35. The third kappa shape index (κ3) is 5.83. The zero-order chi connectivity index (χ0) is 29.0. The fourth-order valence-corrected chi connectivity index (χ4v) is 5.73. The molecule has 9 nitrogen and oxygen atoms in total. The van der Waals surface area contributed by atoms with Crippen LogP contribution in [0.5, 0.6) is 17.2 Å². The maximum Gasteiger partial charge on any atom is 0.235 e. The first-order chi connectivity index (χ1) is 19.1. The minimum Gasteiger partial charge on any atom is -0.496 e. The van der Waals surface area contributed by atoms with Crippen molar-refractivity contribution in [3.8, 4) is 17.2 Å². The lowest BCUT2D eigenvalue weighted by Crippen LogP contribution is -2.56. The standard InChI is InChI=1S/C30H31BrN2O7/c1-30(37)16-21(34)26(28(35)32-19-9-5-7-11-23(19)39-3)25(18-15-17(31)13-14-22(18)38-2)27(30)29(36)33-20-10-6-8-12-24(20)40-4/h5-15,25-27,37H,16H2,1-4H3,(H,32,35)(H,33,36). The van der Waals surface area contributed by atoms with Crippen molar-refractivity contribution in [3.63, 3.8) is 0 Å². The van der Waals surface area contributed by atoms with Crippen LogP contribution >= 0.6 is 15.9 Å². The second-order valence-corrected chi connectivity index (χ2v) is 10.7. The molecule has 2 amide bonds. The van der Waals surface area contributed by atoms with Crippen LogP contribution in [0.3, 0.4) is 0 Å². The maximum absolute atomic E-state index is 14.0. The van der Waals surface area contributed by atoms with Gasteiger partial charge in [-0.15, -0.1) is 0 Å². The lowest BCUT2D eigenvalue weighted by atomic mass is 9.61. The summed E-state index contributed by atoms with van der Waals surface area (Å²) in [6.07, 6.45) is -0.409. The van der Waals surface area contributed by atoms with Gasteiger partial charge in [0.15, 0.2) is 0 Å². The van der Waals surface area contributed by atoms with Gasteiger partial charge in [-0.3, -0.25) is 14.4 Å². The average molecular weight is 611 g/mol. The highest BCUT2D eigenvalue weighted by Crippen LogP contribution is 2.49. The van der Waals surface area contributed by atoms with E-state index in [9.17, 15) is 19.5 Å². The molecule has 1 saturated carbocycles. The molecule has 0 spiro atoms. The molecule has 3 aromatic carbocycles. The molecule has 1 aliphatic carbocycles. The Morgan fingerprint density at radius 1 is 0.850 bits per heavy atom. The van der Waals surface area contributed by atoms with Crippen molar-refractivity contribution in [2.45, 2.75) is 24.9 Å². The van der Waals surface area contributed by atoms with Crippen molar-refractivity contribution in [1.29, 1.82) is 0 Å². The van der Waals surface area contributed by atoms with Crippen LogP contribution in [0, 0.1) is 11.8 Å². The molecule has 4 unspecified atom stereocenters. The van der Waals surface area contributed by atoms with Crippen LogP contribution in [-0.2, 0) is 14.4 Å². The van der Waals surface area contributed by atoms with E-state index in [-0.39, 0.29) is 0 Å². The molecule has 0 saturated heterocycles. The molecule has 3 N–H and O–H groups in total. The number of hydrogen-bond donors (Lipinski definition) is 3. The topological polar surface area (TPSA) is 123 Å². The van der Waals surface area contributed by atoms with E-state index >= 15 is 0 Å². The SMILES string of the molecule is COc1ccccc1NC(=O)C1C(=O)CC(C)(O)C(C(=O)Nc2ccccc2OC)C1c1cc(Br)ccc1OC. The van der Waals surface area contributed by atoms with Gasteiger partial charge < -0.3 is 30.0 Å². The summed E-state index contributed by atoms with van der Waals surface area (Å²) < 4.78 is 17.0. The number of carbonyl (C=O) groups is 3. The zero-order valence-corrected chi connectivity index (χ0v) is 24.2. The quantitative estimate of drug-likeness (QED) is 0.313. The van der Waals surface area contributed by atoms with Gasteiger partial charge in [-0.1, -0.05) is 40.2 Å². The van der Waals surface area contributed by atoms with Crippen LogP contribution in [-0.4, -0.2) is 49.6 Å². The van der Waals surface area contributed by atoms with Gasteiger partial charge >= 0.3 is 0 Å². The van der Waals surface area contributed by atoms with Crippen molar-refractivity contribution in [2.75, 3.05) is 32.0 Å². The fraction of sp³-hybridized carbons (Fsp3) is 0.300. The number of methoxy groups -OCH3 is 3.